The standard InChI is InChI=1S/C10H7N5O/c16-10-13-8-7(11-6-12-8)9(14-10)15-4-2-1-3-5-15/h1-6H,(H-,11,12,13,14,16)/p+1. The maximum absolute atomic E-state index is 11.3. The Morgan fingerprint density at radius 3 is 2.81 bits per heavy atom. The quantitative estimate of drug-likeness (QED) is 0.556. The second kappa shape index (κ2) is 3.27. The molecular weight excluding hydrogens is 206 g/mol. The number of fused-ring (bicyclic) bond motifs is 1. The predicted octanol–water partition coefficient (Wildman–Crippen LogP) is -0.0771. The van der Waals surface area contributed by atoms with Gasteiger partial charge in [0.05, 0.1) is 18.7 Å². The molecule has 0 unspecified atom stereocenters. The third-order valence-electron chi connectivity index (χ3n) is 2.26. The van der Waals surface area contributed by atoms with Gasteiger partial charge in [-0.15, -0.1) is 0 Å². The van der Waals surface area contributed by atoms with Crippen molar-refractivity contribution in [2.45, 2.75) is 0 Å². The zero-order valence-corrected chi connectivity index (χ0v) is 8.21. The van der Waals surface area contributed by atoms with Crippen molar-refractivity contribution in [3.63, 3.8) is 0 Å². The van der Waals surface area contributed by atoms with E-state index in [4.69, 9.17) is 0 Å². The Bertz CT molecular complexity index is 685. The number of hydrogen-bond acceptors (Lipinski definition) is 3. The largest absolute Gasteiger partial charge is 0.456 e. The summed E-state index contributed by atoms with van der Waals surface area (Å²) in [5.41, 5.74) is 0.799. The molecule has 16 heavy (non-hydrogen) atoms. The second-order valence-corrected chi connectivity index (χ2v) is 3.27. The average Bonchev–Trinajstić information content (AvgIpc) is 2.77. The normalized spacial score (nSPS) is 10.8. The molecule has 2 N–H and O–H groups in total. The number of hydrogen-bond donors (Lipinski definition) is 2. The van der Waals surface area contributed by atoms with E-state index in [-0.39, 0.29) is 0 Å². The smallest absolute Gasteiger partial charge is 0.336 e. The molecule has 0 amide bonds. The number of aromatic amines is 2. The molecule has 0 radical (unpaired) electrons. The summed E-state index contributed by atoms with van der Waals surface area (Å²) in [6, 6.07) is 5.63. The Labute approximate surface area is 89.6 Å². The molecule has 0 aliphatic rings. The van der Waals surface area contributed by atoms with E-state index < -0.39 is 5.69 Å². The summed E-state index contributed by atoms with van der Waals surface area (Å²) >= 11 is 0. The highest BCUT2D eigenvalue weighted by atomic mass is 16.1. The van der Waals surface area contributed by atoms with Gasteiger partial charge in [0.15, 0.2) is 11.2 Å². The van der Waals surface area contributed by atoms with E-state index >= 15 is 0 Å². The van der Waals surface area contributed by atoms with Crippen LogP contribution in [0.25, 0.3) is 17.0 Å². The SMILES string of the molecule is O=c1nc(-[n+]2ccccc2)c2[nH]cnc2[nH]1. The Hall–Kier alpha value is -2.50. The van der Waals surface area contributed by atoms with Gasteiger partial charge in [-0.2, -0.15) is 0 Å². The first-order valence-corrected chi connectivity index (χ1v) is 4.75. The number of pyridine rings is 1. The van der Waals surface area contributed by atoms with Gasteiger partial charge < -0.3 is 4.98 Å². The van der Waals surface area contributed by atoms with E-state index in [0.717, 1.165) is 0 Å². The Morgan fingerprint density at radius 1 is 1.19 bits per heavy atom. The van der Waals surface area contributed by atoms with Crippen LogP contribution in [0.5, 0.6) is 0 Å². The molecule has 3 aromatic rings. The molecule has 3 rings (SSSR count). The third kappa shape index (κ3) is 1.28. The van der Waals surface area contributed by atoms with Crippen LogP contribution in [0.2, 0.25) is 0 Å². The average molecular weight is 214 g/mol. The molecule has 78 valence electrons. The van der Waals surface area contributed by atoms with Crippen LogP contribution >= 0.6 is 0 Å². The van der Waals surface area contributed by atoms with Gasteiger partial charge >= 0.3 is 11.5 Å². The minimum atomic E-state index is -0.411. The molecule has 0 aromatic carbocycles. The molecule has 0 aliphatic carbocycles. The van der Waals surface area contributed by atoms with Gasteiger partial charge in [-0.05, 0) is 12.1 Å². The molecule has 0 spiro atoms. The Balaban J connectivity index is 2.39. The van der Waals surface area contributed by atoms with Gasteiger partial charge in [-0.25, -0.2) is 14.3 Å². The second-order valence-electron chi connectivity index (χ2n) is 3.27. The highest BCUT2D eigenvalue weighted by Crippen LogP contribution is 2.06. The van der Waals surface area contributed by atoms with Gasteiger partial charge in [0, 0.05) is 4.98 Å². The van der Waals surface area contributed by atoms with E-state index in [2.05, 4.69) is 19.9 Å². The van der Waals surface area contributed by atoms with Gasteiger partial charge in [-0.1, -0.05) is 6.07 Å². The molecule has 3 aromatic heterocycles. The number of nitrogens with zero attached hydrogens (tertiary/aromatic N) is 3. The van der Waals surface area contributed by atoms with Crippen molar-refractivity contribution in [3.05, 3.63) is 47.4 Å². The van der Waals surface area contributed by atoms with Crippen LogP contribution in [0.4, 0.5) is 0 Å². The molecule has 0 saturated heterocycles. The predicted molar refractivity (Wildman–Crippen MR) is 56.0 cm³/mol. The van der Waals surface area contributed by atoms with Crippen molar-refractivity contribution in [1.29, 1.82) is 0 Å². The fourth-order valence-corrected chi connectivity index (χ4v) is 1.57. The van der Waals surface area contributed by atoms with Crippen molar-refractivity contribution in [1.82, 2.24) is 19.9 Å². The van der Waals surface area contributed by atoms with Gasteiger partial charge in [0.2, 0.25) is 0 Å². The summed E-state index contributed by atoms with van der Waals surface area (Å²) in [6.45, 7) is 0. The summed E-state index contributed by atoms with van der Waals surface area (Å²) in [4.78, 5) is 24.8. The number of H-pyrrole nitrogens is 2. The number of nitrogens with one attached hydrogen (secondary N) is 2. The highest BCUT2D eigenvalue weighted by Gasteiger charge is 2.16. The summed E-state index contributed by atoms with van der Waals surface area (Å²) in [6.07, 6.45) is 5.17. The van der Waals surface area contributed by atoms with Gasteiger partial charge in [-0.3, -0.25) is 4.98 Å². The lowest BCUT2D eigenvalue weighted by Crippen LogP contribution is -2.33. The molecule has 3 heterocycles. The van der Waals surface area contributed by atoms with Crippen LogP contribution in [0.15, 0.2) is 41.7 Å². The van der Waals surface area contributed by atoms with Crippen LogP contribution in [-0.4, -0.2) is 19.9 Å². The van der Waals surface area contributed by atoms with Crippen molar-refractivity contribution in [2.24, 2.45) is 0 Å². The monoisotopic (exact) mass is 214 g/mol. The zero-order chi connectivity index (χ0) is 11.0. The first-order chi connectivity index (χ1) is 7.84. The summed E-state index contributed by atoms with van der Waals surface area (Å²) in [7, 11) is 0. The van der Waals surface area contributed by atoms with Crippen molar-refractivity contribution in [2.75, 3.05) is 0 Å². The maximum Gasteiger partial charge on any atom is 0.456 e. The molecule has 6 heteroatoms. The highest BCUT2D eigenvalue weighted by molar-refractivity contribution is 5.74. The Kier molecular flexibility index (Phi) is 1.79. The topological polar surface area (TPSA) is 78.3 Å². The third-order valence-corrected chi connectivity index (χ3v) is 2.26. The van der Waals surface area contributed by atoms with Crippen LogP contribution in [0.1, 0.15) is 0 Å². The summed E-state index contributed by atoms with van der Waals surface area (Å²) < 4.78 is 1.76. The van der Waals surface area contributed by atoms with E-state index in [1.54, 1.807) is 4.57 Å². The van der Waals surface area contributed by atoms with E-state index in [0.29, 0.717) is 17.0 Å². The van der Waals surface area contributed by atoms with E-state index in [1.807, 2.05) is 30.6 Å². The lowest BCUT2D eigenvalue weighted by atomic mass is 10.4. The lowest BCUT2D eigenvalue weighted by molar-refractivity contribution is -0.598. The van der Waals surface area contributed by atoms with Crippen LogP contribution in [0, 0.1) is 0 Å². The van der Waals surface area contributed by atoms with Crippen LogP contribution < -0.4 is 10.3 Å². The molecule has 0 bridgehead atoms. The fourth-order valence-electron chi connectivity index (χ4n) is 1.57. The lowest BCUT2D eigenvalue weighted by Gasteiger charge is -1.94. The molecule has 0 atom stereocenters. The summed E-state index contributed by atoms with van der Waals surface area (Å²) in [5, 5.41) is 0. The van der Waals surface area contributed by atoms with Crippen LogP contribution in [0.3, 0.4) is 0 Å². The molecule has 0 fully saturated rings. The Morgan fingerprint density at radius 2 is 2.00 bits per heavy atom. The van der Waals surface area contributed by atoms with Crippen molar-refractivity contribution in [3.8, 4) is 5.82 Å². The fraction of sp³-hybridized carbons (Fsp3) is 0. The molecule has 6 nitrogen and oxygen atoms in total. The number of aromatic nitrogens is 5. The van der Waals surface area contributed by atoms with E-state index in [1.165, 1.54) is 6.33 Å². The first kappa shape index (κ1) is 8.78. The van der Waals surface area contributed by atoms with Gasteiger partial charge in [0.1, 0.15) is 0 Å². The van der Waals surface area contributed by atoms with Crippen LogP contribution in [-0.2, 0) is 0 Å². The minimum absolute atomic E-state index is 0.411. The molecule has 0 aliphatic heterocycles. The van der Waals surface area contributed by atoms with Crippen molar-refractivity contribution >= 4 is 11.2 Å². The maximum atomic E-state index is 11.3. The first-order valence-electron chi connectivity index (χ1n) is 4.75. The zero-order valence-electron chi connectivity index (χ0n) is 8.21. The molecular formula is C10H8N5O+. The minimum Gasteiger partial charge on any atom is -0.336 e. The van der Waals surface area contributed by atoms with Crippen molar-refractivity contribution < 1.29 is 4.57 Å². The van der Waals surface area contributed by atoms with E-state index in [9.17, 15) is 4.79 Å². The molecule has 0 saturated carbocycles. The summed E-state index contributed by atoms with van der Waals surface area (Å²) in [5.74, 6) is 0.539. The number of rotatable bonds is 1. The number of imidazole rings is 1. The van der Waals surface area contributed by atoms with Gasteiger partial charge in [0.25, 0.3) is 0 Å².